The summed E-state index contributed by atoms with van der Waals surface area (Å²) in [6, 6.07) is 6.78. The maximum absolute atomic E-state index is 5.90. The Balaban J connectivity index is 1.45. The van der Waals surface area contributed by atoms with E-state index in [1.807, 2.05) is 0 Å². The number of hydrogen-bond donors (Lipinski definition) is 0. The molecule has 3 aliphatic rings. The number of allylic oxidation sites excluding steroid dienone is 1. The van der Waals surface area contributed by atoms with Crippen LogP contribution in [0, 0.1) is 0 Å². The highest BCUT2D eigenvalue weighted by Gasteiger charge is 2.36. The molecule has 0 aromatic heterocycles. The first-order valence-corrected chi connectivity index (χ1v) is 8.49. The van der Waals surface area contributed by atoms with Crippen molar-refractivity contribution in [3.05, 3.63) is 41.0 Å². The van der Waals surface area contributed by atoms with Gasteiger partial charge in [-0.25, -0.2) is 0 Å². The summed E-state index contributed by atoms with van der Waals surface area (Å²) in [7, 11) is 0. The van der Waals surface area contributed by atoms with Crippen LogP contribution in [0.25, 0.3) is 6.08 Å². The Morgan fingerprint density at radius 2 is 2.05 bits per heavy atom. The van der Waals surface area contributed by atoms with Gasteiger partial charge in [0.05, 0.1) is 6.61 Å². The van der Waals surface area contributed by atoms with Crippen LogP contribution in [0.3, 0.4) is 0 Å². The largest absolute Gasteiger partial charge is 0.381 e. The fourth-order valence-corrected chi connectivity index (χ4v) is 3.84. The maximum atomic E-state index is 5.90. The second-order valence-corrected chi connectivity index (χ2v) is 6.63. The highest BCUT2D eigenvalue weighted by atomic mass is 16.7. The van der Waals surface area contributed by atoms with E-state index in [2.05, 4.69) is 30.4 Å². The van der Waals surface area contributed by atoms with Crippen LogP contribution in [-0.4, -0.2) is 26.1 Å². The third-order valence-electron chi connectivity index (χ3n) is 5.19. The van der Waals surface area contributed by atoms with Crippen molar-refractivity contribution in [2.45, 2.75) is 50.4 Å². The molecule has 0 amide bonds. The molecule has 4 rings (SSSR count). The van der Waals surface area contributed by atoms with Crippen LogP contribution in [0.15, 0.2) is 24.3 Å². The Hall–Kier alpha value is -1.16. The minimum Gasteiger partial charge on any atom is -0.381 e. The molecule has 2 heterocycles. The average Bonchev–Trinajstić information content (AvgIpc) is 2.92. The maximum Gasteiger partial charge on any atom is 0.158 e. The van der Waals surface area contributed by atoms with E-state index in [9.17, 15) is 0 Å². The van der Waals surface area contributed by atoms with Crippen molar-refractivity contribution < 1.29 is 14.2 Å². The van der Waals surface area contributed by atoms with E-state index >= 15 is 0 Å². The zero-order valence-corrected chi connectivity index (χ0v) is 13.1. The van der Waals surface area contributed by atoms with Gasteiger partial charge in [-0.15, -0.1) is 0 Å². The van der Waals surface area contributed by atoms with Gasteiger partial charge in [0, 0.05) is 25.2 Å². The van der Waals surface area contributed by atoms with E-state index in [1.165, 1.54) is 23.1 Å². The van der Waals surface area contributed by atoms with Gasteiger partial charge in [-0.05, 0) is 54.9 Å². The first-order chi connectivity index (χ1) is 10.9. The summed E-state index contributed by atoms with van der Waals surface area (Å²) in [5.41, 5.74) is 4.28. The van der Waals surface area contributed by atoms with Crippen LogP contribution in [0.5, 0.6) is 0 Å². The Kier molecular flexibility index (Phi) is 4.03. The van der Waals surface area contributed by atoms with Gasteiger partial charge in [0.1, 0.15) is 0 Å². The Bertz CT molecular complexity index is 552. The smallest absolute Gasteiger partial charge is 0.158 e. The van der Waals surface area contributed by atoms with E-state index < -0.39 is 0 Å². The molecule has 0 N–H and O–H groups in total. The van der Waals surface area contributed by atoms with Crippen LogP contribution in [0.2, 0.25) is 0 Å². The molecular formula is C19H24O3. The molecule has 2 aliphatic heterocycles. The van der Waals surface area contributed by atoms with Crippen LogP contribution in [0.4, 0.5) is 0 Å². The van der Waals surface area contributed by atoms with Gasteiger partial charge in [-0.1, -0.05) is 24.3 Å². The summed E-state index contributed by atoms with van der Waals surface area (Å²) in [6.45, 7) is 3.21. The van der Waals surface area contributed by atoms with Crippen molar-refractivity contribution in [1.82, 2.24) is 0 Å². The molecule has 3 heteroatoms. The number of fused-ring (bicyclic) bond motifs is 2. The molecule has 0 bridgehead atoms. The summed E-state index contributed by atoms with van der Waals surface area (Å²) in [6.07, 6.45) is 10.2. The minimum atomic E-state index is -0.0145. The highest BCUT2D eigenvalue weighted by Crippen LogP contribution is 2.43. The minimum absolute atomic E-state index is 0.0145. The second kappa shape index (κ2) is 6.15. The molecule has 1 aliphatic carbocycles. The Morgan fingerprint density at radius 1 is 1.14 bits per heavy atom. The van der Waals surface area contributed by atoms with E-state index in [-0.39, 0.29) is 11.7 Å². The predicted molar refractivity (Wildman–Crippen MR) is 85.6 cm³/mol. The topological polar surface area (TPSA) is 27.7 Å². The van der Waals surface area contributed by atoms with E-state index in [0.29, 0.717) is 6.61 Å². The average molecular weight is 300 g/mol. The second-order valence-electron chi connectivity index (χ2n) is 6.63. The van der Waals surface area contributed by atoms with E-state index in [0.717, 1.165) is 45.5 Å². The van der Waals surface area contributed by atoms with Gasteiger partial charge in [-0.3, -0.25) is 0 Å². The molecule has 3 nitrogen and oxygen atoms in total. The molecule has 1 unspecified atom stereocenters. The van der Waals surface area contributed by atoms with Gasteiger partial charge >= 0.3 is 0 Å². The molecule has 0 saturated carbocycles. The summed E-state index contributed by atoms with van der Waals surface area (Å²) in [5, 5.41) is 0. The standard InChI is InChI=1S/C19H24O3/c1-2-10-21-18(3-1)22-14-15-4-5-17-16(13-15)6-7-19(17)8-11-20-12-9-19/h4-7,13,18H,1-3,8-12,14H2. The lowest BCUT2D eigenvalue weighted by molar-refractivity contribution is -0.168. The van der Waals surface area contributed by atoms with Crippen LogP contribution < -0.4 is 0 Å². The van der Waals surface area contributed by atoms with Gasteiger partial charge < -0.3 is 14.2 Å². The molecule has 1 aromatic carbocycles. The SMILES string of the molecule is C1=CC2(CCOCC2)c2ccc(COC3CCCCO3)cc21. The van der Waals surface area contributed by atoms with Crippen molar-refractivity contribution in [3.8, 4) is 0 Å². The number of rotatable bonds is 3. The molecule has 1 atom stereocenters. The van der Waals surface area contributed by atoms with Gasteiger partial charge in [0.15, 0.2) is 6.29 Å². The molecule has 2 fully saturated rings. The molecule has 1 spiro atoms. The van der Waals surface area contributed by atoms with Crippen LogP contribution in [0.1, 0.15) is 48.8 Å². The lowest BCUT2D eigenvalue weighted by atomic mass is 9.76. The number of ether oxygens (including phenoxy) is 3. The normalized spacial score (nSPS) is 26.3. The fraction of sp³-hybridized carbons (Fsp3) is 0.579. The van der Waals surface area contributed by atoms with Crippen molar-refractivity contribution in [2.24, 2.45) is 0 Å². The van der Waals surface area contributed by atoms with Crippen molar-refractivity contribution >= 4 is 6.08 Å². The van der Waals surface area contributed by atoms with Crippen LogP contribution in [-0.2, 0) is 26.2 Å². The molecule has 0 radical (unpaired) electrons. The first kappa shape index (κ1) is 14.4. The van der Waals surface area contributed by atoms with E-state index in [4.69, 9.17) is 14.2 Å². The zero-order valence-electron chi connectivity index (χ0n) is 13.1. The van der Waals surface area contributed by atoms with Crippen molar-refractivity contribution in [3.63, 3.8) is 0 Å². The van der Waals surface area contributed by atoms with Crippen molar-refractivity contribution in [1.29, 1.82) is 0 Å². The summed E-state index contributed by atoms with van der Waals surface area (Å²) >= 11 is 0. The summed E-state index contributed by atoms with van der Waals surface area (Å²) in [4.78, 5) is 0. The third-order valence-corrected chi connectivity index (χ3v) is 5.19. The lowest BCUT2D eigenvalue weighted by Gasteiger charge is -2.33. The van der Waals surface area contributed by atoms with Crippen molar-refractivity contribution in [2.75, 3.05) is 19.8 Å². The molecule has 1 aromatic rings. The number of benzene rings is 1. The molecule has 2 saturated heterocycles. The first-order valence-electron chi connectivity index (χ1n) is 8.49. The third kappa shape index (κ3) is 2.73. The van der Waals surface area contributed by atoms with Crippen LogP contribution >= 0.6 is 0 Å². The Morgan fingerprint density at radius 3 is 2.86 bits per heavy atom. The van der Waals surface area contributed by atoms with Gasteiger partial charge in [-0.2, -0.15) is 0 Å². The summed E-state index contributed by atoms with van der Waals surface area (Å²) in [5.74, 6) is 0. The zero-order chi connectivity index (χ0) is 14.8. The quantitative estimate of drug-likeness (QED) is 0.849. The Labute approximate surface area is 132 Å². The fourth-order valence-electron chi connectivity index (χ4n) is 3.84. The molecular weight excluding hydrogens is 276 g/mol. The molecule has 118 valence electrons. The van der Waals surface area contributed by atoms with Gasteiger partial charge in [0.2, 0.25) is 0 Å². The number of hydrogen-bond acceptors (Lipinski definition) is 3. The molecule has 22 heavy (non-hydrogen) atoms. The highest BCUT2D eigenvalue weighted by molar-refractivity contribution is 5.66. The lowest BCUT2D eigenvalue weighted by Crippen LogP contribution is -2.30. The summed E-state index contributed by atoms with van der Waals surface area (Å²) < 4.78 is 17.1. The predicted octanol–water partition coefficient (Wildman–Crippen LogP) is 3.80. The van der Waals surface area contributed by atoms with Gasteiger partial charge in [0.25, 0.3) is 0 Å². The van der Waals surface area contributed by atoms with E-state index in [1.54, 1.807) is 0 Å². The monoisotopic (exact) mass is 300 g/mol.